The Labute approximate surface area is 97.5 Å². The van der Waals surface area contributed by atoms with Crippen LogP contribution in [0.1, 0.15) is 19.4 Å². The molecule has 1 rings (SSSR count). The molecule has 0 aliphatic rings. The first-order chi connectivity index (χ1) is 7.58. The summed E-state index contributed by atoms with van der Waals surface area (Å²) >= 11 is 0. The Morgan fingerprint density at radius 3 is 2.69 bits per heavy atom. The maximum atomic E-state index is 8.83. The number of nitrogens with zero attached hydrogens (tertiary/aromatic N) is 2. The third kappa shape index (κ3) is 2.90. The highest BCUT2D eigenvalue weighted by atomic mass is 15.1. The maximum Gasteiger partial charge on any atom is 0.0671 e. The Kier molecular flexibility index (Phi) is 4.19. The Bertz CT molecular complexity index is 393. The van der Waals surface area contributed by atoms with Crippen molar-refractivity contribution in [2.24, 2.45) is 5.92 Å². The molecule has 0 aromatic heterocycles. The van der Waals surface area contributed by atoms with Crippen LogP contribution in [0.4, 0.5) is 11.4 Å². The molecule has 0 radical (unpaired) electrons. The number of hydrogen-bond acceptors (Lipinski definition) is 3. The highest BCUT2D eigenvalue weighted by molar-refractivity contribution is 5.58. The standard InChI is InChI=1S/C13H19N3/c1-4-16(9-10(2)8-14)12-5-6-13(15)11(3)7-12/h5-7,10H,4,9,15H2,1-3H3. The van der Waals surface area contributed by atoms with Crippen molar-refractivity contribution >= 4 is 11.4 Å². The van der Waals surface area contributed by atoms with Gasteiger partial charge >= 0.3 is 0 Å². The quantitative estimate of drug-likeness (QED) is 0.789. The number of rotatable bonds is 4. The predicted molar refractivity (Wildman–Crippen MR) is 68.3 cm³/mol. The molecule has 0 saturated heterocycles. The molecule has 1 aromatic carbocycles. The van der Waals surface area contributed by atoms with E-state index in [0.717, 1.165) is 30.0 Å². The fourth-order valence-electron chi connectivity index (χ4n) is 1.65. The lowest BCUT2D eigenvalue weighted by Gasteiger charge is -2.24. The van der Waals surface area contributed by atoms with E-state index in [9.17, 15) is 0 Å². The summed E-state index contributed by atoms with van der Waals surface area (Å²) in [4.78, 5) is 2.19. The summed E-state index contributed by atoms with van der Waals surface area (Å²) in [6, 6.07) is 8.26. The Morgan fingerprint density at radius 2 is 2.19 bits per heavy atom. The van der Waals surface area contributed by atoms with E-state index in [4.69, 9.17) is 11.0 Å². The van der Waals surface area contributed by atoms with Crippen LogP contribution in [-0.2, 0) is 0 Å². The van der Waals surface area contributed by atoms with Gasteiger partial charge in [0.1, 0.15) is 0 Å². The summed E-state index contributed by atoms with van der Waals surface area (Å²) in [5, 5.41) is 8.83. The lowest BCUT2D eigenvalue weighted by Crippen LogP contribution is -2.27. The van der Waals surface area contributed by atoms with Crippen LogP contribution in [-0.4, -0.2) is 13.1 Å². The average Bonchev–Trinajstić information content (AvgIpc) is 2.29. The summed E-state index contributed by atoms with van der Waals surface area (Å²) in [6.07, 6.45) is 0. The second-order valence-corrected chi connectivity index (χ2v) is 4.11. The van der Waals surface area contributed by atoms with Crippen molar-refractivity contribution in [3.05, 3.63) is 23.8 Å². The number of nitriles is 1. The van der Waals surface area contributed by atoms with Crippen LogP contribution in [0.3, 0.4) is 0 Å². The van der Waals surface area contributed by atoms with Gasteiger partial charge in [0, 0.05) is 24.5 Å². The normalized spacial score (nSPS) is 11.9. The van der Waals surface area contributed by atoms with Crippen molar-refractivity contribution in [2.75, 3.05) is 23.7 Å². The van der Waals surface area contributed by atoms with Gasteiger partial charge in [-0.15, -0.1) is 0 Å². The molecular weight excluding hydrogens is 198 g/mol. The van der Waals surface area contributed by atoms with Crippen LogP contribution in [0.25, 0.3) is 0 Å². The predicted octanol–water partition coefficient (Wildman–Crippen LogP) is 2.56. The van der Waals surface area contributed by atoms with Crippen molar-refractivity contribution in [1.82, 2.24) is 0 Å². The lowest BCUT2D eigenvalue weighted by atomic mass is 10.1. The summed E-state index contributed by atoms with van der Waals surface area (Å²) in [6.45, 7) is 7.69. The number of aryl methyl sites for hydroxylation is 1. The molecule has 0 saturated carbocycles. The first kappa shape index (κ1) is 12.4. The fraction of sp³-hybridized carbons (Fsp3) is 0.462. The van der Waals surface area contributed by atoms with Crippen molar-refractivity contribution in [1.29, 1.82) is 5.26 Å². The summed E-state index contributed by atoms with van der Waals surface area (Å²) in [5.41, 5.74) is 8.82. The van der Waals surface area contributed by atoms with Gasteiger partial charge in [-0.25, -0.2) is 0 Å². The van der Waals surface area contributed by atoms with E-state index < -0.39 is 0 Å². The highest BCUT2D eigenvalue weighted by Crippen LogP contribution is 2.21. The monoisotopic (exact) mass is 217 g/mol. The van der Waals surface area contributed by atoms with Crippen molar-refractivity contribution in [3.63, 3.8) is 0 Å². The smallest absolute Gasteiger partial charge is 0.0671 e. The van der Waals surface area contributed by atoms with Gasteiger partial charge < -0.3 is 10.6 Å². The summed E-state index contributed by atoms with van der Waals surface area (Å²) in [7, 11) is 0. The molecule has 3 heteroatoms. The van der Waals surface area contributed by atoms with Gasteiger partial charge in [0.05, 0.1) is 12.0 Å². The number of nitrogens with two attached hydrogens (primary N) is 1. The van der Waals surface area contributed by atoms with E-state index in [1.807, 2.05) is 26.0 Å². The van der Waals surface area contributed by atoms with E-state index in [0.29, 0.717) is 0 Å². The molecule has 16 heavy (non-hydrogen) atoms. The molecule has 0 aliphatic heterocycles. The molecule has 0 spiro atoms. The van der Waals surface area contributed by atoms with Gasteiger partial charge in [-0.3, -0.25) is 0 Å². The van der Waals surface area contributed by atoms with Crippen molar-refractivity contribution < 1.29 is 0 Å². The van der Waals surface area contributed by atoms with Gasteiger partial charge in [0.2, 0.25) is 0 Å². The minimum Gasteiger partial charge on any atom is -0.399 e. The molecule has 0 aliphatic carbocycles. The van der Waals surface area contributed by atoms with Crippen LogP contribution in [0.2, 0.25) is 0 Å². The Morgan fingerprint density at radius 1 is 1.50 bits per heavy atom. The maximum absolute atomic E-state index is 8.83. The number of anilines is 2. The van der Waals surface area contributed by atoms with Crippen LogP contribution < -0.4 is 10.6 Å². The molecule has 0 bridgehead atoms. The zero-order valence-electron chi connectivity index (χ0n) is 10.2. The molecule has 1 unspecified atom stereocenters. The van der Waals surface area contributed by atoms with Crippen LogP contribution in [0, 0.1) is 24.2 Å². The minimum absolute atomic E-state index is 0.0396. The largest absolute Gasteiger partial charge is 0.399 e. The SMILES string of the molecule is CCN(CC(C)C#N)c1ccc(N)c(C)c1. The zero-order chi connectivity index (χ0) is 12.1. The van der Waals surface area contributed by atoms with Gasteiger partial charge in [-0.05, 0) is 44.5 Å². The Hall–Kier alpha value is -1.69. The average molecular weight is 217 g/mol. The fourth-order valence-corrected chi connectivity index (χ4v) is 1.65. The molecular formula is C13H19N3. The van der Waals surface area contributed by atoms with E-state index in [1.54, 1.807) is 0 Å². The molecule has 1 aromatic rings. The number of nitrogen functional groups attached to an aromatic ring is 1. The molecule has 0 fully saturated rings. The third-order valence-electron chi connectivity index (χ3n) is 2.71. The second-order valence-electron chi connectivity index (χ2n) is 4.11. The minimum atomic E-state index is 0.0396. The van der Waals surface area contributed by atoms with E-state index in [2.05, 4.69) is 24.0 Å². The van der Waals surface area contributed by atoms with E-state index >= 15 is 0 Å². The molecule has 2 N–H and O–H groups in total. The topological polar surface area (TPSA) is 53.0 Å². The number of benzene rings is 1. The van der Waals surface area contributed by atoms with Gasteiger partial charge in [-0.1, -0.05) is 0 Å². The third-order valence-corrected chi connectivity index (χ3v) is 2.71. The van der Waals surface area contributed by atoms with E-state index in [-0.39, 0.29) is 5.92 Å². The molecule has 0 heterocycles. The van der Waals surface area contributed by atoms with Crippen LogP contribution in [0.5, 0.6) is 0 Å². The van der Waals surface area contributed by atoms with E-state index in [1.165, 1.54) is 0 Å². The molecule has 3 nitrogen and oxygen atoms in total. The van der Waals surface area contributed by atoms with Crippen LogP contribution >= 0.6 is 0 Å². The number of hydrogen-bond donors (Lipinski definition) is 1. The van der Waals surface area contributed by atoms with Crippen molar-refractivity contribution in [2.45, 2.75) is 20.8 Å². The molecule has 86 valence electrons. The highest BCUT2D eigenvalue weighted by Gasteiger charge is 2.09. The van der Waals surface area contributed by atoms with Gasteiger partial charge in [-0.2, -0.15) is 5.26 Å². The Balaban J connectivity index is 2.87. The first-order valence-corrected chi connectivity index (χ1v) is 5.59. The van der Waals surface area contributed by atoms with Crippen molar-refractivity contribution in [3.8, 4) is 6.07 Å². The zero-order valence-corrected chi connectivity index (χ0v) is 10.2. The second kappa shape index (κ2) is 5.41. The summed E-state index contributed by atoms with van der Waals surface area (Å²) in [5.74, 6) is 0.0396. The molecule has 1 atom stereocenters. The molecule has 0 amide bonds. The lowest BCUT2D eigenvalue weighted by molar-refractivity contribution is 0.686. The van der Waals surface area contributed by atoms with Crippen LogP contribution in [0.15, 0.2) is 18.2 Å². The van der Waals surface area contributed by atoms with Gasteiger partial charge in [0.25, 0.3) is 0 Å². The summed E-state index contributed by atoms with van der Waals surface area (Å²) < 4.78 is 0. The van der Waals surface area contributed by atoms with Gasteiger partial charge in [0.15, 0.2) is 0 Å². The first-order valence-electron chi connectivity index (χ1n) is 5.59.